The fourth-order valence-corrected chi connectivity index (χ4v) is 7.88. The maximum atomic E-state index is 2.46. The van der Waals surface area contributed by atoms with Gasteiger partial charge in [-0.2, -0.15) is 35.3 Å². The fourth-order valence-electron chi connectivity index (χ4n) is 1.86. The Hall–Kier alpha value is 1.32. The average molecular weight is 391 g/mol. The summed E-state index contributed by atoms with van der Waals surface area (Å²) in [5, 5.41) is 2.77. The summed E-state index contributed by atoms with van der Waals surface area (Å²) in [4.78, 5) is 4.52. The van der Waals surface area contributed by atoms with Crippen LogP contribution in [-0.2, 0) is 0 Å². The molecule has 0 saturated carbocycles. The van der Waals surface area contributed by atoms with Crippen LogP contribution in [0.15, 0.2) is 32.9 Å². The van der Waals surface area contributed by atoms with Gasteiger partial charge in [-0.25, -0.2) is 0 Å². The fraction of sp³-hybridized carbons (Fsp3) is 0.600. The first-order valence-electron chi connectivity index (χ1n) is 7.24. The Labute approximate surface area is 152 Å². The lowest BCUT2D eigenvalue weighted by atomic mass is 10.4. The Morgan fingerprint density at radius 2 is 1.29 bits per heavy atom. The summed E-state index contributed by atoms with van der Waals surface area (Å²) in [6.07, 6.45) is 0. The third kappa shape index (κ3) is 5.42. The molecular formula is C15H18S6. The maximum Gasteiger partial charge on any atom is 0.0232 e. The van der Waals surface area contributed by atoms with E-state index in [0.717, 1.165) is 15.7 Å². The predicted octanol–water partition coefficient (Wildman–Crippen LogP) is 5.31. The van der Waals surface area contributed by atoms with Crippen molar-refractivity contribution in [2.75, 3.05) is 34.5 Å². The highest BCUT2D eigenvalue weighted by molar-refractivity contribution is 8.10. The Balaban J connectivity index is 1.40. The van der Waals surface area contributed by atoms with Crippen LogP contribution in [0.25, 0.3) is 0 Å². The quantitative estimate of drug-likeness (QED) is 0.411. The summed E-state index contributed by atoms with van der Waals surface area (Å²) in [5.74, 6) is 8.01. The van der Waals surface area contributed by atoms with Crippen LogP contribution in [0.3, 0.4) is 0 Å². The third-order valence-electron chi connectivity index (χ3n) is 3.41. The minimum atomic E-state index is 0.922. The SMILES string of the molecule is c1cc(SCC2CS2)c(SCC2CS2)cc1SCC1CS1. The molecule has 0 N–H and O–H groups in total. The molecule has 0 amide bonds. The van der Waals surface area contributed by atoms with Gasteiger partial charge in [0, 0.05) is 65.0 Å². The van der Waals surface area contributed by atoms with Crippen LogP contribution in [0.2, 0.25) is 0 Å². The Kier molecular flexibility index (Phi) is 5.63. The number of thioether (sulfide) groups is 6. The second-order valence-corrected chi connectivity index (χ2v) is 12.6. The first kappa shape index (κ1) is 15.8. The van der Waals surface area contributed by atoms with Crippen molar-refractivity contribution in [3.8, 4) is 0 Å². The van der Waals surface area contributed by atoms with Gasteiger partial charge in [0.05, 0.1) is 0 Å². The van der Waals surface area contributed by atoms with Crippen molar-refractivity contribution in [2.24, 2.45) is 0 Å². The summed E-state index contributed by atoms with van der Waals surface area (Å²) >= 11 is 12.5. The molecule has 3 atom stereocenters. The molecular weight excluding hydrogens is 373 g/mol. The van der Waals surface area contributed by atoms with Crippen molar-refractivity contribution in [1.82, 2.24) is 0 Å². The lowest BCUT2D eigenvalue weighted by molar-refractivity contribution is 1.16. The normalized spacial score (nSPS) is 29.4. The molecule has 3 unspecified atom stereocenters. The molecule has 3 saturated heterocycles. The van der Waals surface area contributed by atoms with Crippen LogP contribution in [0, 0.1) is 0 Å². The largest absolute Gasteiger partial charge is 0.156 e. The molecule has 0 spiro atoms. The van der Waals surface area contributed by atoms with Gasteiger partial charge in [0.15, 0.2) is 0 Å². The van der Waals surface area contributed by atoms with E-state index >= 15 is 0 Å². The molecule has 114 valence electrons. The number of hydrogen-bond acceptors (Lipinski definition) is 6. The second-order valence-electron chi connectivity index (χ2n) is 5.41. The van der Waals surface area contributed by atoms with E-state index in [2.05, 4.69) is 77.0 Å². The van der Waals surface area contributed by atoms with Gasteiger partial charge in [0.25, 0.3) is 0 Å². The minimum absolute atomic E-state index is 0.922. The van der Waals surface area contributed by atoms with Crippen molar-refractivity contribution in [3.63, 3.8) is 0 Å². The molecule has 1 aromatic rings. The lowest BCUT2D eigenvalue weighted by Gasteiger charge is -2.10. The summed E-state index contributed by atoms with van der Waals surface area (Å²) in [7, 11) is 0. The van der Waals surface area contributed by atoms with Gasteiger partial charge in [0.2, 0.25) is 0 Å². The van der Waals surface area contributed by atoms with Crippen molar-refractivity contribution < 1.29 is 0 Å². The molecule has 0 radical (unpaired) electrons. The van der Waals surface area contributed by atoms with Crippen LogP contribution in [0.5, 0.6) is 0 Å². The zero-order valence-corrected chi connectivity index (χ0v) is 16.6. The van der Waals surface area contributed by atoms with E-state index in [1.807, 2.05) is 11.8 Å². The minimum Gasteiger partial charge on any atom is -0.156 e. The van der Waals surface area contributed by atoms with Crippen LogP contribution >= 0.6 is 70.6 Å². The van der Waals surface area contributed by atoms with Crippen molar-refractivity contribution in [2.45, 2.75) is 30.4 Å². The molecule has 4 rings (SSSR count). The molecule has 0 aromatic heterocycles. The lowest BCUT2D eigenvalue weighted by Crippen LogP contribution is -1.93. The third-order valence-corrected chi connectivity index (χ3v) is 10.7. The molecule has 3 aliphatic rings. The van der Waals surface area contributed by atoms with Gasteiger partial charge in [-0.05, 0) is 18.2 Å². The molecule has 3 fully saturated rings. The van der Waals surface area contributed by atoms with Crippen LogP contribution in [-0.4, -0.2) is 50.3 Å². The maximum absolute atomic E-state index is 2.46. The Bertz CT molecular complexity index is 493. The van der Waals surface area contributed by atoms with Crippen molar-refractivity contribution in [3.05, 3.63) is 18.2 Å². The van der Waals surface area contributed by atoms with Crippen LogP contribution in [0.1, 0.15) is 0 Å². The molecule has 6 heteroatoms. The zero-order valence-electron chi connectivity index (χ0n) is 11.7. The highest BCUT2D eigenvalue weighted by Gasteiger charge is 2.25. The summed E-state index contributed by atoms with van der Waals surface area (Å²) in [6, 6.07) is 7.18. The van der Waals surface area contributed by atoms with Crippen molar-refractivity contribution >= 4 is 70.6 Å². The monoisotopic (exact) mass is 390 g/mol. The number of hydrogen-bond donors (Lipinski definition) is 0. The van der Waals surface area contributed by atoms with E-state index in [1.165, 1.54) is 49.2 Å². The smallest absolute Gasteiger partial charge is 0.0232 e. The standard InChI is InChI=1S/C15H18S6/c1-2-14(20-8-12-6-18-12)15(21-9-13-7-19-13)3-10(1)16-4-11-5-17-11/h1-3,11-13H,4-9H2. The van der Waals surface area contributed by atoms with Crippen LogP contribution < -0.4 is 0 Å². The van der Waals surface area contributed by atoms with Gasteiger partial charge in [-0.1, -0.05) is 0 Å². The topological polar surface area (TPSA) is 0 Å². The number of rotatable bonds is 9. The van der Waals surface area contributed by atoms with Gasteiger partial charge < -0.3 is 0 Å². The molecule has 0 aliphatic carbocycles. The summed E-state index contributed by atoms with van der Waals surface area (Å²) in [6.45, 7) is 0. The van der Waals surface area contributed by atoms with E-state index in [1.54, 1.807) is 0 Å². The van der Waals surface area contributed by atoms with E-state index in [9.17, 15) is 0 Å². The van der Waals surface area contributed by atoms with Crippen LogP contribution in [0.4, 0.5) is 0 Å². The van der Waals surface area contributed by atoms with Crippen molar-refractivity contribution in [1.29, 1.82) is 0 Å². The first-order valence-corrected chi connectivity index (χ1v) is 13.3. The van der Waals surface area contributed by atoms with E-state index in [4.69, 9.17) is 0 Å². The average Bonchev–Trinajstić information content (AvgIpc) is 3.39. The van der Waals surface area contributed by atoms with Gasteiger partial charge in [0.1, 0.15) is 0 Å². The molecule has 3 heterocycles. The second kappa shape index (κ2) is 7.47. The van der Waals surface area contributed by atoms with Gasteiger partial charge in [-0.15, -0.1) is 35.3 Å². The first-order chi connectivity index (χ1) is 10.4. The van der Waals surface area contributed by atoms with Gasteiger partial charge in [-0.3, -0.25) is 0 Å². The molecule has 3 aliphatic heterocycles. The zero-order chi connectivity index (χ0) is 14.1. The Morgan fingerprint density at radius 3 is 1.86 bits per heavy atom. The van der Waals surface area contributed by atoms with E-state index in [0.29, 0.717) is 0 Å². The molecule has 21 heavy (non-hydrogen) atoms. The van der Waals surface area contributed by atoms with E-state index in [-0.39, 0.29) is 0 Å². The van der Waals surface area contributed by atoms with Gasteiger partial charge >= 0.3 is 0 Å². The number of benzene rings is 1. The highest BCUT2D eigenvalue weighted by atomic mass is 32.2. The highest BCUT2D eigenvalue weighted by Crippen LogP contribution is 2.42. The molecule has 0 bridgehead atoms. The van der Waals surface area contributed by atoms with E-state index < -0.39 is 0 Å². The molecule has 1 aromatic carbocycles. The Morgan fingerprint density at radius 1 is 0.762 bits per heavy atom. The predicted molar refractivity (Wildman–Crippen MR) is 107 cm³/mol. The summed E-state index contributed by atoms with van der Waals surface area (Å²) < 4.78 is 0. The molecule has 0 nitrogen and oxygen atoms in total. The summed E-state index contributed by atoms with van der Waals surface area (Å²) in [5.41, 5.74) is 0.